The minimum Gasteiger partial charge on any atom is -0.467 e. The number of ether oxygens (including phenoxy) is 1. The van der Waals surface area contributed by atoms with E-state index < -0.39 is 6.04 Å². The molecule has 0 fully saturated rings. The van der Waals surface area contributed by atoms with Crippen LogP contribution < -0.4 is 5.32 Å². The van der Waals surface area contributed by atoms with Crippen molar-refractivity contribution >= 4 is 23.2 Å². The van der Waals surface area contributed by atoms with Crippen LogP contribution >= 0.6 is 12.2 Å². The average Bonchev–Trinajstić information content (AvgIpc) is 2.55. The van der Waals surface area contributed by atoms with Crippen LogP contribution in [0.4, 0.5) is 0 Å². The van der Waals surface area contributed by atoms with Crippen molar-refractivity contribution in [1.82, 2.24) is 5.32 Å². The van der Waals surface area contributed by atoms with Crippen molar-refractivity contribution in [3.8, 4) is 0 Å². The highest BCUT2D eigenvalue weighted by Gasteiger charge is 2.22. The van der Waals surface area contributed by atoms with Gasteiger partial charge >= 0.3 is 5.97 Å². The lowest BCUT2D eigenvalue weighted by atomic mass is 10.0. The van der Waals surface area contributed by atoms with Gasteiger partial charge in [-0.1, -0.05) is 60.2 Å². The Bertz CT molecular complexity index is 718. The molecule has 3 nitrogen and oxygen atoms in total. The summed E-state index contributed by atoms with van der Waals surface area (Å²) in [6, 6.07) is 13.6. The molecule has 0 saturated heterocycles. The van der Waals surface area contributed by atoms with Gasteiger partial charge in [0.15, 0.2) is 0 Å². The van der Waals surface area contributed by atoms with E-state index in [1.54, 1.807) is 0 Å². The van der Waals surface area contributed by atoms with E-state index in [9.17, 15) is 4.79 Å². The molecular formula is C20H23NO2S. The van der Waals surface area contributed by atoms with Crippen molar-refractivity contribution in [2.45, 2.75) is 33.2 Å². The molecule has 0 aliphatic carbocycles. The van der Waals surface area contributed by atoms with Crippen LogP contribution in [0.3, 0.4) is 0 Å². The van der Waals surface area contributed by atoms with Crippen molar-refractivity contribution in [2.75, 3.05) is 7.11 Å². The molecular weight excluding hydrogens is 318 g/mol. The molecule has 0 spiro atoms. The summed E-state index contributed by atoms with van der Waals surface area (Å²) in [5.74, 6) is -0.316. The van der Waals surface area contributed by atoms with E-state index in [1.807, 2.05) is 63.2 Å². The SMILES string of the molecule is COC(=O)C(Cc1ccc(C)cc1)NC(=S)c1c(C)cccc1C. The fourth-order valence-corrected chi connectivity index (χ4v) is 3.16. The maximum Gasteiger partial charge on any atom is 0.328 e. The number of benzene rings is 2. The summed E-state index contributed by atoms with van der Waals surface area (Å²) in [4.78, 5) is 12.8. The van der Waals surface area contributed by atoms with Gasteiger partial charge in [0.25, 0.3) is 0 Å². The molecule has 1 unspecified atom stereocenters. The molecule has 1 atom stereocenters. The number of aryl methyl sites for hydroxylation is 3. The van der Waals surface area contributed by atoms with Gasteiger partial charge in [-0.05, 0) is 37.5 Å². The number of nitrogens with one attached hydrogen (secondary N) is 1. The molecule has 0 amide bonds. The summed E-state index contributed by atoms with van der Waals surface area (Å²) in [6.45, 7) is 6.07. The summed E-state index contributed by atoms with van der Waals surface area (Å²) in [5, 5.41) is 3.19. The summed E-state index contributed by atoms with van der Waals surface area (Å²) >= 11 is 5.56. The van der Waals surface area contributed by atoms with Gasteiger partial charge in [-0.15, -0.1) is 0 Å². The topological polar surface area (TPSA) is 38.3 Å². The van der Waals surface area contributed by atoms with E-state index in [4.69, 9.17) is 17.0 Å². The predicted molar refractivity (Wildman–Crippen MR) is 101 cm³/mol. The van der Waals surface area contributed by atoms with Crippen LogP contribution in [0, 0.1) is 20.8 Å². The minimum absolute atomic E-state index is 0.316. The normalized spacial score (nSPS) is 11.7. The van der Waals surface area contributed by atoms with Crippen LogP contribution in [-0.2, 0) is 16.0 Å². The van der Waals surface area contributed by atoms with Crippen LogP contribution in [0.15, 0.2) is 42.5 Å². The first kappa shape index (κ1) is 18.1. The molecule has 4 heteroatoms. The average molecular weight is 341 g/mol. The number of carbonyl (C=O) groups excluding carboxylic acids is 1. The van der Waals surface area contributed by atoms with Gasteiger partial charge in [0, 0.05) is 12.0 Å². The van der Waals surface area contributed by atoms with E-state index >= 15 is 0 Å². The van der Waals surface area contributed by atoms with Crippen molar-refractivity contribution in [3.05, 3.63) is 70.3 Å². The Morgan fingerprint density at radius 3 is 2.21 bits per heavy atom. The molecule has 0 radical (unpaired) electrons. The Hall–Kier alpha value is -2.20. The van der Waals surface area contributed by atoms with Crippen molar-refractivity contribution < 1.29 is 9.53 Å². The lowest BCUT2D eigenvalue weighted by molar-refractivity contribution is -0.142. The number of rotatable bonds is 5. The van der Waals surface area contributed by atoms with E-state index in [-0.39, 0.29) is 5.97 Å². The maximum absolute atomic E-state index is 12.2. The molecule has 0 aliphatic rings. The van der Waals surface area contributed by atoms with Gasteiger partial charge < -0.3 is 10.1 Å². The fraction of sp³-hybridized carbons (Fsp3) is 0.300. The fourth-order valence-electron chi connectivity index (χ4n) is 2.70. The number of hydrogen-bond donors (Lipinski definition) is 1. The Morgan fingerprint density at radius 1 is 1.08 bits per heavy atom. The lowest BCUT2D eigenvalue weighted by Crippen LogP contribution is -2.43. The molecule has 0 heterocycles. The number of carbonyl (C=O) groups is 1. The maximum atomic E-state index is 12.2. The molecule has 126 valence electrons. The zero-order valence-corrected chi connectivity index (χ0v) is 15.4. The van der Waals surface area contributed by atoms with Crippen molar-refractivity contribution in [2.24, 2.45) is 0 Å². The quantitative estimate of drug-likeness (QED) is 0.665. The van der Waals surface area contributed by atoms with Crippen LogP contribution in [0.2, 0.25) is 0 Å². The van der Waals surface area contributed by atoms with E-state index in [1.165, 1.54) is 12.7 Å². The third kappa shape index (κ3) is 4.42. The number of thiocarbonyl (C=S) groups is 1. The standard InChI is InChI=1S/C20H23NO2S/c1-13-8-10-16(11-9-13)12-17(20(22)23-4)21-19(24)18-14(2)6-5-7-15(18)3/h5-11,17H,12H2,1-4H3,(H,21,24). The zero-order valence-electron chi connectivity index (χ0n) is 14.6. The van der Waals surface area contributed by atoms with Crippen molar-refractivity contribution in [3.63, 3.8) is 0 Å². The summed E-state index contributed by atoms with van der Waals surface area (Å²) < 4.78 is 4.94. The first-order valence-electron chi connectivity index (χ1n) is 7.93. The van der Waals surface area contributed by atoms with Gasteiger partial charge in [0.1, 0.15) is 11.0 Å². The van der Waals surface area contributed by atoms with Gasteiger partial charge in [-0.25, -0.2) is 4.79 Å². The number of esters is 1. The highest BCUT2D eigenvalue weighted by atomic mass is 32.1. The highest BCUT2D eigenvalue weighted by Crippen LogP contribution is 2.15. The minimum atomic E-state index is -0.510. The first-order chi connectivity index (χ1) is 11.4. The third-order valence-electron chi connectivity index (χ3n) is 4.06. The second kappa shape index (κ2) is 8.06. The summed E-state index contributed by atoms with van der Waals surface area (Å²) in [5.41, 5.74) is 5.41. The monoisotopic (exact) mass is 341 g/mol. The predicted octanol–water partition coefficient (Wildman–Crippen LogP) is 3.66. The molecule has 24 heavy (non-hydrogen) atoms. The Labute approximate surface area is 149 Å². The number of methoxy groups -OCH3 is 1. The molecule has 0 aromatic heterocycles. The first-order valence-corrected chi connectivity index (χ1v) is 8.33. The Morgan fingerprint density at radius 2 is 1.67 bits per heavy atom. The van der Waals surface area contributed by atoms with Gasteiger partial charge in [-0.2, -0.15) is 0 Å². The molecule has 2 aromatic rings. The van der Waals surface area contributed by atoms with E-state index in [0.29, 0.717) is 11.4 Å². The smallest absolute Gasteiger partial charge is 0.328 e. The molecule has 0 saturated carbocycles. The van der Waals surface area contributed by atoms with Crippen LogP contribution in [-0.4, -0.2) is 24.1 Å². The van der Waals surface area contributed by atoms with Crippen LogP contribution in [0.5, 0.6) is 0 Å². The van der Waals surface area contributed by atoms with Crippen LogP contribution in [0.25, 0.3) is 0 Å². The largest absolute Gasteiger partial charge is 0.467 e. The zero-order chi connectivity index (χ0) is 17.7. The molecule has 2 aromatic carbocycles. The highest BCUT2D eigenvalue weighted by molar-refractivity contribution is 7.80. The lowest BCUT2D eigenvalue weighted by Gasteiger charge is -2.20. The molecule has 0 aliphatic heterocycles. The molecule has 0 bridgehead atoms. The summed E-state index contributed by atoms with van der Waals surface area (Å²) in [6.07, 6.45) is 0.526. The number of hydrogen-bond acceptors (Lipinski definition) is 3. The Balaban J connectivity index is 2.21. The summed E-state index contributed by atoms with van der Waals surface area (Å²) in [7, 11) is 1.40. The van der Waals surface area contributed by atoms with Gasteiger partial charge in [-0.3, -0.25) is 0 Å². The molecule has 1 N–H and O–H groups in total. The van der Waals surface area contributed by atoms with Crippen molar-refractivity contribution in [1.29, 1.82) is 0 Å². The van der Waals surface area contributed by atoms with Crippen LogP contribution in [0.1, 0.15) is 27.8 Å². The third-order valence-corrected chi connectivity index (χ3v) is 4.38. The second-order valence-corrected chi connectivity index (χ2v) is 6.41. The second-order valence-electron chi connectivity index (χ2n) is 6.01. The van der Waals surface area contributed by atoms with E-state index in [2.05, 4.69) is 5.32 Å². The van der Waals surface area contributed by atoms with Gasteiger partial charge in [0.05, 0.1) is 7.11 Å². The Kier molecular flexibility index (Phi) is 6.10. The molecule has 2 rings (SSSR count). The van der Waals surface area contributed by atoms with Gasteiger partial charge in [0.2, 0.25) is 0 Å². The van der Waals surface area contributed by atoms with E-state index in [0.717, 1.165) is 22.3 Å².